The van der Waals surface area contributed by atoms with Gasteiger partial charge in [0.2, 0.25) is 0 Å². The van der Waals surface area contributed by atoms with Crippen molar-refractivity contribution in [2.75, 3.05) is 5.73 Å². The Bertz CT molecular complexity index is 286. The maximum absolute atomic E-state index is 5.47. The van der Waals surface area contributed by atoms with Crippen LogP contribution in [-0.4, -0.2) is 4.98 Å². The zero-order chi connectivity index (χ0) is 8.39. The molecule has 0 bridgehead atoms. The average molecular weight is 164 g/mol. The van der Waals surface area contributed by atoms with Gasteiger partial charge in [-0.25, -0.2) is 0 Å². The molecule has 0 saturated heterocycles. The van der Waals surface area contributed by atoms with Crippen LogP contribution in [0.15, 0.2) is 30.9 Å². The summed E-state index contributed by atoms with van der Waals surface area (Å²) in [4.78, 5) is 4.05. The third-order valence-corrected chi connectivity index (χ3v) is 1.51. The van der Waals surface area contributed by atoms with Gasteiger partial charge in [-0.1, -0.05) is 0 Å². The van der Waals surface area contributed by atoms with Gasteiger partial charge in [0.15, 0.2) is 0 Å². The number of hydrogen-bond acceptors (Lipinski definition) is 4. The van der Waals surface area contributed by atoms with E-state index in [9.17, 15) is 0 Å². The highest BCUT2D eigenvalue weighted by molar-refractivity contribution is 5.34. The van der Waals surface area contributed by atoms with Gasteiger partial charge in [0, 0.05) is 0 Å². The second-order valence-corrected chi connectivity index (χ2v) is 2.39. The first-order valence-corrected chi connectivity index (χ1v) is 3.53. The predicted molar refractivity (Wildman–Crippen MR) is 42.7 cm³/mol. The lowest BCUT2D eigenvalue weighted by Crippen LogP contribution is -2.00. The Labute approximate surface area is 69.6 Å². The minimum absolute atomic E-state index is 0.411. The Morgan fingerprint density at radius 2 is 2.00 bits per heavy atom. The summed E-state index contributed by atoms with van der Waals surface area (Å²) in [6, 6.07) is 3.53. The molecule has 4 nitrogen and oxygen atoms in total. The molecule has 0 radical (unpaired) electrons. The number of anilines is 1. The molecule has 0 saturated carbocycles. The molecule has 0 atom stereocenters. The van der Waals surface area contributed by atoms with Crippen LogP contribution in [0, 0.1) is 0 Å². The Morgan fingerprint density at radius 3 is 2.58 bits per heavy atom. The van der Waals surface area contributed by atoms with Crippen LogP contribution in [-0.2, 0) is 9.47 Å². The van der Waals surface area contributed by atoms with Crippen LogP contribution in [0.25, 0.3) is 0 Å². The van der Waals surface area contributed by atoms with Gasteiger partial charge < -0.3 is 15.2 Å². The predicted octanol–water partition coefficient (Wildman–Crippen LogP) is 1.18. The van der Waals surface area contributed by atoms with E-state index in [-0.39, 0.29) is 0 Å². The molecule has 2 rings (SSSR count). The van der Waals surface area contributed by atoms with E-state index in [1.807, 2.05) is 0 Å². The molecule has 4 heteroatoms. The van der Waals surface area contributed by atoms with Crippen LogP contribution in [0.5, 0.6) is 0 Å². The number of nitrogens with two attached hydrogens (primary N) is 1. The Hall–Kier alpha value is -1.71. The molecule has 0 fully saturated rings. The van der Waals surface area contributed by atoms with Crippen molar-refractivity contribution in [3.8, 4) is 0 Å². The molecule has 0 aromatic carbocycles. The maximum Gasteiger partial charge on any atom is 0.283 e. The van der Waals surface area contributed by atoms with E-state index in [1.54, 1.807) is 18.3 Å². The average Bonchev–Trinajstić information content (AvgIpc) is 2.58. The first kappa shape index (κ1) is 6.97. The van der Waals surface area contributed by atoms with Crippen LogP contribution in [0.1, 0.15) is 12.0 Å². The summed E-state index contributed by atoms with van der Waals surface area (Å²) < 4.78 is 10.1. The summed E-state index contributed by atoms with van der Waals surface area (Å²) in [5.74, 6) is 0. The quantitative estimate of drug-likeness (QED) is 0.677. The van der Waals surface area contributed by atoms with Gasteiger partial charge in [-0.05, 0) is 12.1 Å². The third kappa shape index (κ3) is 1.18. The van der Waals surface area contributed by atoms with Gasteiger partial charge in [0.25, 0.3) is 6.29 Å². The van der Waals surface area contributed by atoms with Crippen LogP contribution >= 0.6 is 0 Å². The highest BCUT2D eigenvalue weighted by atomic mass is 16.7. The molecule has 0 spiro atoms. The topological polar surface area (TPSA) is 57.4 Å². The summed E-state index contributed by atoms with van der Waals surface area (Å²) in [6.07, 6.45) is 4.14. The Balaban J connectivity index is 2.18. The molecule has 0 aliphatic carbocycles. The smallest absolute Gasteiger partial charge is 0.283 e. The number of rotatable bonds is 1. The molecule has 12 heavy (non-hydrogen) atoms. The first-order chi connectivity index (χ1) is 5.86. The van der Waals surface area contributed by atoms with E-state index in [4.69, 9.17) is 15.2 Å². The number of hydrogen-bond donors (Lipinski definition) is 1. The van der Waals surface area contributed by atoms with Crippen LogP contribution < -0.4 is 5.73 Å². The minimum atomic E-state index is -0.411. The van der Waals surface area contributed by atoms with Crippen molar-refractivity contribution in [2.45, 2.75) is 6.29 Å². The highest BCUT2D eigenvalue weighted by Crippen LogP contribution is 2.21. The monoisotopic (exact) mass is 164 g/mol. The fourth-order valence-corrected chi connectivity index (χ4v) is 0.935. The fraction of sp³-hybridized carbons (Fsp3) is 0.125. The van der Waals surface area contributed by atoms with Gasteiger partial charge in [-0.3, -0.25) is 4.98 Å². The number of nitrogens with zero attached hydrogens (tertiary/aromatic N) is 1. The van der Waals surface area contributed by atoms with Crippen molar-refractivity contribution < 1.29 is 9.47 Å². The molecule has 1 aliphatic heterocycles. The lowest BCUT2D eigenvalue weighted by atomic mass is 10.3. The SMILES string of the molecule is Nc1ccc(C2OC=CO2)nc1. The number of pyridine rings is 1. The molecule has 2 N–H and O–H groups in total. The van der Waals surface area contributed by atoms with Crippen molar-refractivity contribution >= 4 is 5.69 Å². The second-order valence-electron chi connectivity index (χ2n) is 2.39. The standard InChI is InChI=1S/C8H8N2O2/c9-6-1-2-7(10-5-6)8-11-3-4-12-8/h1-5,8H,9H2. The number of aromatic nitrogens is 1. The zero-order valence-corrected chi connectivity index (χ0v) is 6.31. The fourth-order valence-electron chi connectivity index (χ4n) is 0.935. The van der Waals surface area contributed by atoms with Crippen molar-refractivity contribution in [1.29, 1.82) is 0 Å². The van der Waals surface area contributed by atoms with Gasteiger partial charge in [0.05, 0.1) is 11.9 Å². The first-order valence-electron chi connectivity index (χ1n) is 3.53. The zero-order valence-electron chi connectivity index (χ0n) is 6.31. The van der Waals surface area contributed by atoms with Gasteiger partial charge in [-0.15, -0.1) is 0 Å². The largest absolute Gasteiger partial charge is 0.454 e. The summed E-state index contributed by atoms with van der Waals surface area (Å²) in [6.45, 7) is 0. The second kappa shape index (κ2) is 2.73. The van der Waals surface area contributed by atoms with Crippen LogP contribution in [0.4, 0.5) is 5.69 Å². The summed E-state index contributed by atoms with van der Waals surface area (Å²) in [7, 11) is 0. The lowest BCUT2D eigenvalue weighted by molar-refractivity contribution is -0.0279. The van der Waals surface area contributed by atoms with Crippen LogP contribution in [0.3, 0.4) is 0 Å². The van der Waals surface area contributed by atoms with E-state index < -0.39 is 6.29 Å². The van der Waals surface area contributed by atoms with Crippen molar-refractivity contribution in [2.24, 2.45) is 0 Å². The molecular formula is C8H8N2O2. The van der Waals surface area contributed by atoms with E-state index >= 15 is 0 Å². The van der Waals surface area contributed by atoms with Crippen molar-refractivity contribution in [3.63, 3.8) is 0 Å². The maximum atomic E-state index is 5.47. The third-order valence-electron chi connectivity index (χ3n) is 1.51. The van der Waals surface area contributed by atoms with Crippen molar-refractivity contribution in [3.05, 3.63) is 36.5 Å². The molecule has 1 aromatic heterocycles. The van der Waals surface area contributed by atoms with E-state index in [1.165, 1.54) is 12.5 Å². The molecule has 2 heterocycles. The van der Waals surface area contributed by atoms with Gasteiger partial charge in [-0.2, -0.15) is 0 Å². The summed E-state index contributed by atoms with van der Waals surface area (Å²) in [5.41, 5.74) is 6.81. The Kier molecular flexibility index (Phi) is 1.59. The van der Waals surface area contributed by atoms with E-state index in [0.29, 0.717) is 11.4 Å². The van der Waals surface area contributed by atoms with Gasteiger partial charge in [0.1, 0.15) is 18.2 Å². The Morgan fingerprint density at radius 1 is 1.25 bits per heavy atom. The van der Waals surface area contributed by atoms with Crippen molar-refractivity contribution in [1.82, 2.24) is 4.98 Å². The van der Waals surface area contributed by atoms with E-state index in [0.717, 1.165) is 0 Å². The van der Waals surface area contributed by atoms with Crippen LogP contribution in [0.2, 0.25) is 0 Å². The highest BCUT2D eigenvalue weighted by Gasteiger charge is 2.15. The number of nitrogen functional groups attached to an aromatic ring is 1. The molecule has 62 valence electrons. The van der Waals surface area contributed by atoms with E-state index in [2.05, 4.69) is 4.98 Å². The molecule has 0 unspecified atom stereocenters. The molecule has 1 aromatic rings. The molecular weight excluding hydrogens is 156 g/mol. The van der Waals surface area contributed by atoms with Gasteiger partial charge >= 0.3 is 0 Å². The molecule has 1 aliphatic rings. The summed E-state index contributed by atoms with van der Waals surface area (Å²) >= 11 is 0. The molecule has 0 amide bonds. The normalized spacial score (nSPS) is 15.7. The summed E-state index contributed by atoms with van der Waals surface area (Å²) in [5, 5.41) is 0. The number of ether oxygens (including phenoxy) is 2. The minimum Gasteiger partial charge on any atom is -0.454 e. The lowest BCUT2D eigenvalue weighted by Gasteiger charge is -2.08.